The quantitative estimate of drug-likeness (QED) is 0.375. The molecule has 0 amide bonds. The van der Waals surface area contributed by atoms with Crippen LogP contribution in [0.1, 0.15) is 23.0 Å². The number of hydrogen-bond acceptors (Lipinski definition) is 7. The number of pyridine rings is 1. The van der Waals surface area contributed by atoms with Crippen LogP contribution in [0.25, 0.3) is 22.7 Å². The lowest BCUT2D eigenvalue weighted by atomic mass is 10.1. The minimum atomic E-state index is -0.596. The van der Waals surface area contributed by atoms with Crippen molar-refractivity contribution in [1.82, 2.24) is 9.88 Å². The Hall–Kier alpha value is -3.78. The Balaban J connectivity index is 1.67. The van der Waals surface area contributed by atoms with Crippen LogP contribution in [0.4, 0.5) is 5.69 Å². The molecule has 0 N–H and O–H groups in total. The number of esters is 1. The van der Waals surface area contributed by atoms with Crippen LogP contribution in [0, 0.1) is 10.1 Å². The predicted octanol–water partition coefficient (Wildman–Crippen LogP) is 3.53. The van der Waals surface area contributed by atoms with Gasteiger partial charge in [0.15, 0.2) is 12.3 Å². The van der Waals surface area contributed by atoms with E-state index in [1.165, 1.54) is 19.2 Å². The van der Waals surface area contributed by atoms with Crippen LogP contribution in [0.5, 0.6) is 0 Å². The third kappa shape index (κ3) is 2.81. The maximum Gasteiger partial charge on any atom is 0.331 e. The third-order valence-corrected chi connectivity index (χ3v) is 5.42. The first kappa shape index (κ1) is 18.3. The first-order valence-corrected chi connectivity index (χ1v) is 9.41. The van der Waals surface area contributed by atoms with Crippen LogP contribution in [-0.4, -0.2) is 40.5 Å². The number of ether oxygens (including phenoxy) is 2. The number of hydrogen-bond donors (Lipinski definition) is 0. The number of fused-ring (bicyclic) bond motifs is 4. The van der Waals surface area contributed by atoms with Gasteiger partial charge in [0.2, 0.25) is 0 Å². The highest BCUT2D eigenvalue weighted by Gasteiger charge is 2.48. The average Bonchev–Trinajstić information content (AvgIpc) is 3.32. The summed E-state index contributed by atoms with van der Waals surface area (Å²) in [5.41, 5.74) is 3.94. The highest BCUT2D eigenvalue weighted by molar-refractivity contribution is 5.91. The maximum atomic E-state index is 12.4. The molecule has 1 fully saturated rings. The molecule has 0 unspecified atom stereocenters. The van der Waals surface area contributed by atoms with Crippen molar-refractivity contribution < 1.29 is 19.2 Å². The van der Waals surface area contributed by atoms with E-state index in [4.69, 9.17) is 14.5 Å². The zero-order valence-electron chi connectivity index (χ0n) is 16.0. The van der Waals surface area contributed by atoms with E-state index in [2.05, 4.69) is 0 Å². The molecule has 2 atom stereocenters. The Morgan fingerprint density at radius 3 is 2.77 bits per heavy atom. The summed E-state index contributed by atoms with van der Waals surface area (Å²) in [5.74, 6) is -0.385. The van der Waals surface area contributed by atoms with Crippen LogP contribution in [0.15, 0.2) is 54.6 Å². The number of rotatable bonds is 3. The maximum absolute atomic E-state index is 12.4. The van der Waals surface area contributed by atoms with Crippen molar-refractivity contribution in [2.45, 2.75) is 12.3 Å². The van der Waals surface area contributed by atoms with Gasteiger partial charge in [0.1, 0.15) is 0 Å². The number of carbonyl (C=O) groups is 1. The zero-order chi connectivity index (χ0) is 20.8. The van der Waals surface area contributed by atoms with Gasteiger partial charge in [-0.3, -0.25) is 10.1 Å². The number of benzene rings is 2. The van der Waals surface area contributed by atoms with E-state index in [1.54, 1.807) is 12.1 Å². The molecule has 1 aromatic heterocycles. The molecular weight excluding hydrogens is 386 g/mol. The van der Waals surface area contributed by atoms with Crippen LogP contribution in [0.2, 0.25) is 0 Å². The van der Waals surface area contributed by atoms with Gasteiger partial charge in [-0.2, -0.15) is 0 Å². The lowest BCUT2D eigenvalue weighted by molar-refractivity contribution is -0.384. The van der Waals surface area contributed by atoms with Gasteiger partial charge in [-0.15, -0.1) is 0 Å². The van der Waals surface area contributed by atoms with Crippen molar-refractivity contribution in [2.75, 3.05) is 13.7 Å². The Morgan fingerprint density at radius 2 is 2.03 bits per heavy atom. The van der Waals surface area contributed by atoms with Gasteiger partial charge in [-0.25, -0.2) is 9.78 Å². The second-order valence-electron chi connectivity index (χ2n) is 7.13. The third-order valence-electron chi connectivity index (χ3n) is 5.42. The summed E-state index contributed by atoms with van der Waals surface area (Å²) in [4.78, 5) is 29.6. The number of methoxy groups -OCH3 is 1. The summed E-state index contributed by atoms with van der Waals surface area (Å²) in [5, 5.41) is 11.9. The molecule has 1 saturated heterocycles. The normalized spacial score (nSPS) is 21.0. The molecule has 0 saturated carbocycles. The molecule has 3 aromatic rings. The highest BCUT2D eigenvalue weighted by Crippen LogP contribution is 2.48. The number of nitro groups is 1. The molecule has 2 aromatic carbocycles. The van der Waals surface area contributed by atoms with E-state index in [9.17, 15) is 14.9 Å². The van der Waals surface area contributed by atoms with Crippen LogP contribution >= 0.6 is 0 Å². The molecule has 8 nitrogen and oxygen atoms in total. The first-order valence-electron chi connectivity index (χ1n) is 9.41. The predicted molar refractivity (Wildman–Crippen MR) is 109 cm³/mol. The Kier molecular flexibility index (Phi) is 4.22. The second kappa shape index (κ2) is 6.93. The second-order valence-corrected chi connectivity index (χ2v) is 7.13. The van der Waals surface area contributed by atoms with Gasteiger partial charge in [0.25, 0.3) is 5.69 Å². The molecule has 5 rings (SSSR count). The summed E-state index contributed by atoms with van der Waals surface area (Å²) >= 11 is 0. The zero-order valence-corrected chi connectivity index (χ0v) is 16.0. The lowest BCUT2D eigenvalue weighted by Crippen LogP contribution is -2.36. The average molecular weight is 403 g/mol. The fraction of sp³-hybridized carbons (Fsp3) is 0.182. The highest BCUT2D eigenvalue weighted by atomic mass is 16.6. The number of carbonyl (C=O) groups excluding carboxylic acids is 1. The van der Waals surface area contributed by atoms with Crippen molar-refractivity contribution in [3.63, 3.8) is 0 Å². The van der Waals surface area contributed by atoms with Crippen molar-refractivity contribution in [3.05, 3.63) is 81.5 Å². The van der Waals surface area contributed by atoms with E-state index in [0.29, 0.717) is 0 Å². The fourth-order valence-corrected chi connectivity index (χ4v) is 4.00. The van der Waals surface area contributed by atoms with E-state index >= 15 is 0 Å². The van der Waals surface area contributed by atoms with E-state index in [0.717, 1.165) is 33.4 Å². The minimum Gasteiger partial charge on any atom is -0.467 e. The van der Waals surface area contributed by atoms with Crippen LogP contribution in [0.3, 0.4) is 0 Å². The van der Waals surface area contributed by atoms with Crippen molar-refractivity contribution >= 4 is 34.3 Å². The summed E-state index contributed by atoms with van der Waals surface area (Å²) < 4.78 is 10.9. The van der Waals surface area contributed by atoms with Gasteiger partial charge < -0.3 is 14.4 Å². The molecule has 0 bridgehead atoms. The number of aromatic nitrogens is 1. The Labute approximate surface area is 171 Å². The number of nitro benzene ring substituents is 1. The minimum absolute atomic E-state index is 0.0166. The van der Waals surface area contributed by atoms with E-state index in [-0.39, 0.29) is 18.3 Å². The molecule has 2 aliphatic rings. The van der Waals surface area contributed by atoms with Crippen molar-refractivity contribution in [1.29, 1.82) is 0 Å². The topological polar surface area (TPSA) is 94.8 Å². The monoisotopic (exact) mass is 403 g/mol. The molecule has 0 aliphatic carbocycles. The lowest BCUT2D eigenvalue weighted by Gasteiger charge is -2.23. The van der Waals surface area contributed by atoms with Crippen LogP contribution < -0.4 is 0 Å². The smallest absolute Gasteiger partial charge is 0.331 e. The first-order chi connectivity index (χ1) is 14.6. The Morgan fingerprint density at radius 1 is 1.27 bits per heavy atom. The van der Waals surface area contributed by atoms with Gasteiger partial charge in [0, 0.05) is 23.1 Å². The molecule has 3 heterocycles. The molecule has 0 spiro atoms. The van der Waals surface area contributed by atoms with Gasteiger partial charge in [-0.1, -0.05) is 18.2 Å². The molecule has 150 valence electrons. The van der Waals surface area contributed by atoms with Gasteiger partial charge >= 0.3 is 5.97 Å². The molecular formula is C22H17N3O5. The standard InChI is InChI=1S/C22H17N3O5/c1-29-22(26)19-12-30-21-16-11-14-4-2-3-5-17(14)23-20(16)18(24(19)21)10-13-6-8-15(9-7-13)25(27)28/h2-11,19,21H,12H2,1H3/b18-10-/t19-,21-/m0/s1. The summed E-state index contributed by atoms with van der Waals surface area (Å²) in [6.07, 6.45) is 1.43. The fourth-order valence-electron chi connectivity index (χ4n) is 4.00. The van der Waals surface area contributed by atoms with Crippen LogP contribution in [-0.2, 0) is 14.3 Å². The van der Waals surface area contributed by atoms with Gasteiger partial charge in [0.05, 0.1) is 35.5 Å². The molecule has 2 aliphatic heterocycles. The van der Waals surface area contributed by atoms with Crippen molar-refractivity contribution in [3.8, 4) is 0 Å². The largest absolute Gasteiger partial charge is 0.467 e. The van der Waals surface area contributed by atoms with Crippen molar-refractivity contribution in [2.24, 2.45) is 0 Å². The number of nitrogens with zero attached hydrogens (tertiary/aromatic N) is 3. The summed E-state index contributed by atoms with van der Waals surface area (Å²) in [6, 6.07) is 15.5. The van der Waals surface area contributed by atoms with E-state index < -0.39 is 17.2 Å². The molecule has 8 heteroatoms. The summed E-state index contributed by atoms with van der Waals surface area (Å²) in [6.45, 7) is 0.210. The number of non-ortho nitro benzene ring substituents is 1. The van der Waals surface area contributed by atoms with E-state index in [1.807, 2.05) is 41.3 Å². The molecule has 0 radical (unpaired) electrons. The SMILES string of the molecule is COC(=O)[C@@H]1CO[C@H]2c3cc4ccccc4nc3/C(=C/c3ccc([N+](=O)[O-])cc3)N12. The molecule has 30 heavy (non-hydrogen) atoms. The summed E-state index contributed by atoms with van der Waals surface area (Å²) in [7, 11) is 1.35. The van der Waals surface area contributed by atoms with Gasteiger partial charge in [-0.05, 0) is 35.9 Å². The number of para-hydroxylation sites is 1. The Bertz CT molecular complexity index is 1210.